The third kappa shape index (κ3) is 4.00. The van der Waals surface area contributed by atoms with Crippen molar-refractivity contribution in [3.8, 4) is 10.6 Å². The minimum atomic E-state index is 0.0820. The number of hydrogen-bond acceptors (Lipinski definition) is 5. The SMILES string of the molecule is CC[C@@H]1CCCCN1C(=O)COCc1cc(-c2cccs2)on1. The van der Waals surface area contributed by atoms with Crippen molar-refractivity contribution in [3.63, 3.8) is 0 Å². The molecule has 3 heterocycles. The predicted octanol–water partition coefficient (Wildman–Crippen LogP) is 3.71. The Morgan fingerprint density at radius 2 is 2.43 bits per heavy atom. The van der Waals surface area contributed by atoms with Crippen LogP contribution in [-0.4, -0.2) is 35.2 Å². The first-order valence-electron chi connectivity index (χ1n) is 8.14. The van der Waals surface area contributed by atoms with Gasteiger partial charge in [-0.2, -0.15) is 0 Å². The number of piperidine rings is 1. The molecule has 3 rings (SSSR count). The van der Waals surface area contributed by atoms with E-state index in [9.17, 15) is 4.79 Å². The third-order valence-corrected chi connectivity index (χ3v) is 5.10. The van der Waals surface area contributed by atoms with Gasteiger partial charge in [-0.05, 0) is 37.1 Å². The lowest BCUT2D eigenvalue weighted by atomic mass is 10.00. The molecule has 0 saturated carbocycles. The highest BCUT2D eigenvalue weighted by molar-refractivity contribution is 7.13. The van der Waals surface area contributed by atoms with E-state index in [1.807, 2.05) is 28.5 Å². The van der Waals surface area contributed by atoms with E-state index in [0.29, 0.717) is 18.3 Å². The average Bonchev–Trinajstić information content (AvgIpc) is 3.26. The molecule has 6 heteroatoms. The third-order valence-electron chi connectivity index (χ3n) is 4.22. The van der Waals surface area contributed by atoms with Crippen LogP contribution in [0.25, 0.3) is 10.6 Å². The van der Waals surface area contributed by atoms with Crippen LogP contribution in [0.4, 0.5) is 0 Å². The standard InChI is InChI=1S/C17H22N2O3S/c1-2-14-6-3-4-8-19(14)17(20)12-21-11-13-10-15(22-18-13)16-7-5-9-23-16/h5,7,9-10,14H,2-4,6,8,11-12H2,1H3/t14-/m1/s1. The molecule has 23 heavy (non-hydrogen) atoms. The summed E-state index contributed by atoms with van der Waals surface area (Å²) >= 11 is 1.60. The zero-order valence-electron chi connectivity index (χ0n) is 13.4. The lowest BCUT2D eigenvalue weighted by Gasteiger charge is -2.35. The quantitative estimate of drug-likeness (QED) is 0.808. The summed E-state index contributed by atoms with van der Waals surface area (Å²) in [5, 5.41) is 5.99. The topological polar surface area (TPSA) is 55.6 Å². The van der Waals surface area contributed by atoms with Gasteiger partial charge in [-0.25, -0.2) is 0 Å². The van der Waals surface area contributed by atoms with Crippen molar-refractivity contribution in [2.45, 2.75) is 45.3 Å². The lowest BCUT2D eigenvalue weighted by molar-refractivity contribution is -0.140. The Labute approximate surface area is 140 Å². The van der Waals surface area contributed by atoms with E-state index < -0.39 is 0 Å². The van der Waals surface area contributed by atoms with E-state index in [0.717, 1.165) is 36.4 Å². The van der Waals surface area contributed by atoms with Gasteiger partial charge in [0.2, 0.25) is 5.91 Å². The highest BCUT2D eigenvalue weighted by atomic mass is 32.1. The van der Waals surface area contributed by atoms with Crippen molar-refractivity contribution in [3.05, 3.63) is 29.3 Å². The summed E-state index contributed by atoms with van der Waals surface area (Å²) in [5.41, 5.74) is 0.715. The van der Waals surface area contributed by atoms with Crippen LogP contribution < -0.4 is 0 Å². The van der Waals surface area contributed by atoms with E-state index in [1.54, 1.807) is 11.3 Å². The van der Waals surface area contributed by atoms with Crippen molar-refractivity contribution in [1.82, 2.24) is 10.1 Å². The van der Waals surface area contributed by atoms with E-state index >= 15 is 0 Å². The van der Waals surface area contributed by atoms with Crippen LogP contribution >= 0.6 is 11.3 Å². The van der Waals surface area contributed by atoms with Crippen LogP contribution in [0, 0.1) is 0 Å². The maximum atomic E-state index is 12.3. The number of carbonyl (C=O) groups is 1. The molecule has 2 aromatic rings. The van der Waals surface area contributed by atoms with Crippen molar-refractivity contribution in [2.75, 3.05) is 13.2 Å². The zero-order valence-corrected chi connectivity index (χ0v) is 14.2. The summed E-state index contributed by atoms with van der Waals surface area (Å²) in [6, 6.07) is 6.20. The smallest absolute Gasteiger partial charge is 0.248 e. The van der Waals surface area contributed by atoms with Gasteiger partial charge < -0.3 is 14.2 Å². The van der Waals surface area contributed by atoms with Crippen molar-refractivity contribution < 1.29 is 14.1 Å². The first kappa shape index (κ1) is 16.2. The second-order valence-electron chi connectivity index (χ2n) is 5.80. The fourth-order valence-corrected chi connectivity index (χ4v) is 3.67. The number of thiophene rings is 1. The van der Waals surface area contributed by atoms with Crippen LogP contribution in [0.3, 0.4) is 0 Å². The Balaban J connectivity index is 1.48. The van der Waals surface area contributed by atoms with Gasteiger partial charge in [0.15, 0.2) is 5.76 Å². The normalized spacial score (nSPS) is 18.3. The predicted molar refractivity (Wildman–Crippen MR) is 89.1 cm³/mol. The molecule has 2 aromatic heterocycles. The van der Waals surface area contributed by atoms with Gasteiger partial charge in [0.1, 0.15) is 12.3 Å². The van der Waals surface area contributed by atoms with Gasteiger partial charge in [-0.3, -0.25) is 4.79 Å². The number of aromatic nitrogens is 1. The number of likely N-dealkylation sites (tertiary alicyclic amines) is 1. The van der Waals surface area contributed by atoms with E-state index in [-0.39, 0.29) is 12.5 Å². The number of carbonyl (C=O) groups excluding carboxylic acids is 1. The molecule has 0 aliphatic carbocycles. The van der Waals surface area contributed by atoms with Gasteiger partial charge >= 0.3 is 0 Å². The molecule has 1 saturated heterocycles. The molecule has 1 fully saturated rings. The van der Waals surface area contributed by atoms with E-state index in [1.165, 1.54) is 6.42 Å². The molecule has 1 amide bonds. The molecule has 0 aromatic carbocycles. The second-order valence-corrected chi connectivity index (χ2v) is 6.75. The first-order valence-corrected chi connectivity index (χ1v) is 9.02. The van der Waals surface area contributed by atoms with Crippen LogP contribution in [0.5, 0.6) is 0 Å². The molecule has 1 aliphatic rings. The second kappa shape index (κ2) is 7.75. The molecule has 124 valence electrons. The van der Waals surface area contributed by atoms with Crippen LogP contribution in [0.2, 0.25) is 0 Å². The summed E-state index contributed by atoms with van der Waals surface area (Å²) in [6.45, 7) is 3.40. The minimum Gasteiger partial charge on any atom is -0.365 e. The molecule has 0 N–H and O–H groups in total. The first-order chi connectivity index (χ1) is 11.3. The molecule has 5 nitrogen and oxygen atoms in total. The van der Waals surface area contributed by atoms with Crippen molar-refractivity contribution in [2.24, 2.45) is 0 Å². The molecule has 1 atom stereocenters. The van der Waals surface area contributed by atoms with Gasteiger partial charge in [0, 0.05) is 18.7 Å². The highest BCUT2D eigenvalue weighted by Gasteiger charge is 2.25. The van der Waals surface area contributed by atoms with Gasteiger partial charge in [-0.15, -0.1) is 11.3 Å². The molecule has 0 unspecified atom stereocenters. The molecular weight excluding hydrogens is 312 g/mol. The summed E-state index contributed by atoms with van der Waals surface area (Å²) < 4.78 is 10.9. The highest BCUT2D eigenvalue weighted by Crippen LogP contribution is 2.25. The number of ether oxygens (including phenoxy) is 1. The summed E-state index contributed by atoms with van der Waals surface area (Å²) in [4.78, 5) is 15.3. The monoisotopic (exact) mass is 334 g/mol. The Bertz CT molecular complexity index is 624. The van der Waals surface area contributed by atoms with E-state index in [4.69, 9.17) is 9.26 Å². The lowest BCUT2D eigenvalue weighted by Crippen LogP contribution is -2.45. The van der Waals surface area contributed by atoms with Crippen LogP contribution in [0.15, 0.2) is 28.1 Å². The Hall–Kier alpha value is -1.66. The fraction of sp³-hybridized carbons (Fsp3) is 0.529. The minimum absolute atomic E-state index is 0.0820. The summed E-state index contributed by atoms with van der Waals surface area (Å²) in [7, 11) is 0. The number of nitrogens with zero attached hydrogens (tertiary/aromatic N) is 2. The van der Waals surface area contributed by atoms with E-state index in [2.05, 4.69) is 12.1 Å². The Kier molecular flexibility index (Phi) is 5.46. The zero-order chi connectivity index (χ0) is 16.1. The Morgan fingerprint density at radius 1 is 1.52 bits per heavy atom. The Morgan fingerprint density at radius 3 is 3.22 bits per heavy atom. The van der Waals surface area contributed by atoms with Crippen LogP contribution in [-0.2, 0) is 16.1 Å². The molecule has 1 aliphatic heterocycles. The van der Waals surface area contributed by atoms with Gasteiger partial charge in [0.25, 0.3) is 0 Å². The van der Waals surface area contributed by atoms with Gasteiger partial charge in [-0.1, -0.05) is 18.1 Å². The van der Waals surface area contributed by atoms with Gasteiger partial charge in [0.05, 0.1) is 11.5 Å². The van der Waals surface area contributed by atoms with Crippen molar-refractivity contribution in [1.29, 1.82) is 0 Å². The largest absolute Gasteiger partial charge is 0.365 e. The van der Waals surface area contributed by atoms with Crippen LogP contribution in [0.1, 0.15) is 38.3 Å². The molecule has 0 bridgehead atoms. The summed E-state index contributed by atoms with van der Waals surface area (Å²) in [5.74, 6) is 0.825. The molecular formula is C17H22N2O3S. The fourth-order valence-electron chi connectivity index (χ4n) is 2.99. The summed E-state index contributed by atoms with van der Waals surface area (Å²) in [6.07, 6.45) is 4.43. The molecule has 0 radical (unpaired) electrons. The average molecular weight is 334 g/mol. The molecule has 0 spiro atoms. The number of rotatable bonds is 6. The number of amides is 1. The van der Waals surface area contributed by atoms with Crippen molar-refractivity contribution >= 4 is 17.2 Å². The maximum Gasteiger partial charge on any atom is 0.248 e. The number of hydrogen-bond donors (Lipinski definition) is 0. The maximum absolute atomic E-state index is 12.3.